The summed E-state index contributed by atoms with van der Waals surface area (Å²) in [7, 11) is 0. The number of rotatable bonds is 4. The first-order valence-electron chi connectivity index (χ1n) is 4.83. The maximum absolute atomic E-state index is 9.95. The smallest absolute Gasteiger partial charge is 0.121 e. The van der Waals surface area contributed by atoms with Crippen LogP contribution in [-0.2, 0) is 0 Å². The van der Waals surface area contributed by atoms with Crippen molar-refractivity contribution < 1.29 is 15.3 Å². The van der Waals surface area contributed by atoms with E-state index >= 15 is 0 Å². The zero-order valence-corrected chi connectivity index (χ0v) is 10.7. The van der Waals surface area contributed by atoms with Crippen LogP contribution >= 0.6 is 22.6 Å². The van der Waals surface area contributed by atoms with Gasteiger partial charge in [-0.2, -0.15) is 0 Å². The zero-order chi connectivity index (χ0) is 11.4. The molecule has 84 valence electrons. The third kappa shape index (κ3) is 3.32. The number of halogens is 1. The minimum atomic E-state index is -0.730. The van der Waals surface area contributed by atoms with Crippen molar-refractivity contribution in [3.8, 4) is 5.75 Å². The summed E-state index contributed by atoms with van der Waals surface area (Å²) in [6, 6.07) is 5.11. The normalized spacial score (nSPS) is 14.9. The zero-order valence-electron chi connectivity index (χ0n) is 8.52. The molecule has 1 rings (SSSR count). The highest BCUT2D eigenvalue weighted by Gasteiger charge is 2.19. The summed E-state index contributed by atoms with van der Waals surface area (Å²) in [6.45, 7) is 1.89. The molecule has 0 amide bonds. The molecule has 0 heterocycles. The van der Waals surface area contributed by atoms with Crippen LogP contribution < -0.4 is 0 Å². The van der Waals surface area contributed by atoms with Crippen molar-refractivity contribution >= 4 is 22.6 Å². The Morgan fingerprint density at radius 1 is 1.40 bits per heavy atom. The molecule has 0 spiro atoms. The molecular formula is C11H15IO3. The number of aliphatic hydroxyl groups excluding tert-OH is 2. The maximum atomic E-state index is 9.95. The molecule has 0 fully saturated rings. The lowest BCUT2D eigenvalue weighted by Crippen LogP contribution is -2.11. The number of phenolic OH excluding ortho intramolecular Hbond substituents is 1. The second kappa shape index (κ2) is 5.67. The van der Waals surface area contributed by atoms with Crippen molar-refractivity contribution in [3.63, 3.8) is 0 Å². The molecule has 0 bridgehead atoms. The highest BCUT2D eigenvalue weighted by atomic mass is 127. The molecule has 0 aromatic heterocycles. The van der Waals surface area contributed by atoms with E-state index in [-0.39, 0.29) is 18.3 Å². The van der Waals surface area contributed by atoms with Gasteiger partial charge in [0.25, 0.3) is 0 Å². The van der Waals surface area contributed by atoms with Crippen LogP contribution in [0.2, 0.25) is 0 Å². The second-order valence-corrected chi connectivity index (χ2v) is 4.88. The van der Waals surface area contributed by atoms with Crippen molar-refractivity contribution in [2.45, 2.75) is 19.4 Å². The van der Waals surface area contributed by atoms with Crippen molar-refractivity contribution in [2.24, 2.45) is 5.92 Å². The summed E-state index contributed by atoms with van der Waals surface area (Å²) in [5.41, 5.74) is 0.530. The Hall–Kier alpha value is -0.330. The van der Waals surface area contributed by atoms with Crippen molar-refractivity contribution in [2.75, 3.05) is 6.61 Å². The first-order chi connectivity index (χ1) is 7.06. The molecular weight excluding hydrogens is 307 g/mol. The number of hydrogen-bond donors (Lipinski definition) is 3. The average molecular weight is 322 g/mol. The molecule has 1 aromatic carbocycles. The van der Waals surface area contributed by atoms with Gasteiger partial charge < -0.3 is 15.3 Å². The Morgan fingerprint density at radius 3 is 2.67 bits per heavy atom. The molecule has 0 aliphatic rings. The Labute approximate surface area is 103 Å². The Kier molecular flexibility index (Phi) is 4.82. The van der Waals surface area contributed by atoms with Crippen LogP contribution in [0.1, 0.15) is 25.0 Å². The quantitative estimate of drug-likeness (QED) is 0.744. The first-order valence-corrected chi connectivity index (χ1v) is 5.91. The van der Waals surface area contributed by atoms with Crippen LogP contribution in [0, 0.1) is 9.49 Å². The van der Waals surface area contributed by atoms with Gasteiger partial charge in [0.15, 0.2) is 0 Å². The van der Waals surface area contributed by atoms with Crippen LogP contribution in [0.4, 0.5) is 0 Å². The van der Waals surface area contributed by atoms with Gasteiger partial charge in [0, 0.05) is 15.7 Å². The fourth-order valence-electron chi connectivity index (χ4n) is 1.43. The van der Waals surface area contributed by atoms with E-state index in [4.69, 9.17) is 5.11 Å². The first kappa shape index (κ1) is 12.7. The SMILES string of the molecule is C[C@@H](CCO)[C@@H](O)c1cc(I)ccc1O. The van der Waals surface area contributed by atoms with Crippen molar-refractivity contribution in [3.05, 3.63) is 27.3 Å². The molecule has 4 heteroatoms. The lowest BCUT2D eigenvalue weighted by molar-refractivity contribution is 0.0966. The molecule has 15 heavy (non-hydrogen) atoms. The van der Waals surface area contributed by atoms with Crippen LogP contribution in [0.25, 0.3) is 0 Å². The molecule has 0 unspecified atom stereocenters. The summed E-state index contributed by atoms with van der Waals surface area (Å²) in [4.78, 5) is 0. The van der Waals surface area contributed by atoms with Gasteiger partial charge in [-0.1, -0.05) is 6.92 Å². The Balaban J connectivity index is 2.89. The number of phenols is 1. The average Bonchev–Trinajstić information content (AvgIpc) is 2.21. The number of benzene rings is 1. The molecule has 0 saturated heterocycles. The molecule has 0 radical (unpaired) electrons. The number of aromatic hydroxyl groups is 1. The van der Waals surface area contributed by atoms with Gasteiger partial charge in [0.2, 0.25) is 0 Å². The minimum absolute atomic E-state index is 0.0446. The van der Waals surface area contributed by atoms with Gasteiger partial charge in [-0.05, 0) is 53.1 Å². The van der Waals surface area contributed by atoms with Crippen LogP contribution in [0.15, 0.2) is 18.2 Å². The molecule has 0 aliphatic carbocycles. The van der Waals surface area contributed by atoms with E-state index in [0.717, 1.165) is 3.57 Å². The second-order valence-electron chi connectivity index (χ2n) is 3.64. The Morgan fingerprint density at radius 2 is 2.07 bits per heavy atom. The molecule has 3 nitrogen and oxygen atoms in total. The minimum Gasteiger partial charge on any atom is -0.508 e. The third-order valence-electron chi connectivity index (χ3n) is 2.43. The van der Waals surface area contributed by atoms with Crippen LogP contribution in [0.5, 0.6) is 5.75 Å². The molecule has 2 atom stereocenters. The Bertz CT molecular complexity index is 328. The highest BCUT2D eigenvalue weighted by Crippen LogP contribution is 2.31. The van der Waals surface area contributed by atoms with Gasteiger partial charge in [-0.15, -0.1) is 0 Å². The van der Waals surface area contributed by atoms with E-state index in [1.165, 1.54) is 0 Å². The topological polar surface area (TPSA) is 60.7 Å². The number of hydrogen-bond acceptors (Lipinski definition) is 3. The highest BCUT2D eigenvalue weighted by molar-refractivity contribution is 14.1. The van der Waals surface area contributed by atoms with E-state index in [2.05, 4.69) is 22.6 Å². The summed E-state index contributed by atoms with van der Waals surface area (Å²) in [5.74, 6) is 0.0341. The van der Waals surface area contributed by atoms with Gasteiger partial charge >= 0.3 is 0 Å². The molecule has 1 aromatic rings. The predicted octanol–water partition coefficient (Wildman–Crippen LogP) is 2.05. The maximum Gasteiger partial charge on any atom is 0.121 e. The largest absolute Gasteiger partial charge is 0.508 e. The fraction of sp³-hybridized carbons (Fsp3) is 0.455. The van der Waals surface area contributed by atoms with Crippen molar-refractivity contribution in [1.29, 1.82) is 0 Å². The lowest BCUT2D eigenvalue weighted by atomic mass is 9.94. The summed E-state index contributed by atoms with van der Waals surface area (Å²) in [5, 5.41) is 28.3. The molecule has 3 N–H and O–H groups in total. The summed E-state index contributed by atoms with van der Waals surface area (Å²) >= 11 is 2.13. The molecule has 0 saturated carbocycles. The van der Waals surface area contributed by atoms with E-state index in [1.54, 1.807) is 18.2 Å². The predicted molar refractivity (Wildman–Crippen MR) is 66.7 cm³/mol. The van der Waals surface area contributed by atoms with E-state index in [0.29, 0.717) is 12.0 Å². The third-order valence-corrected chi connectivity index (χ3v) is 3.10. The van der Waals surface area contributed by atoms with E-state index in [9.17, 15) is 10.2 Å². The van der Waals surface area contributed by atoms with E-state index in [1.807, 2.05) is 6.92 Å². The number of aliphatic hydroxyl groups is 2. The van der Waals surface area contributed by atoms with Crippen molar-refractivity contribution in [1.82, 2.24) is 0 Å². The van der Waals surface area contributed by atoms with Crippen LogP contribution in [0.3, 0.4) is 0 Å². The van der Waals surface area contributed by atoms with Gasteiger partial charge in [-0.25, -0.2) is 0 Å². The summed E-state index contributed by atoms with van der Waals surface area (Å²) < 4.78 is 0.968. The van der Waals surface area contributed by atoms with E-state index < -0.39 is 6.10 Å². The van der Waals surface area contributed by atoms with Gasteiger partial charge in [0.05, 0.1) is 6.10 Å². The fourth-order valence-corrected chi connectivity index (χ4v) is 1.95. The van der Waals surface area contributed by atoms with Crippen LogP contribution in [-0.4, -0.2) is 21.9 Å². The van der Waals surface area contributed by atoms with Gasteiger partial charge in [-0.3, -0.25) is 0 Å². The molecule has 0 aliphatic heterocycles. The summed E-state index contributed by atoms with van der Waals surface area (Å²) in [6.07, 6.45) is -0.210. The van der Waals surface area contributed by atoms with Gasteiger partial charge in [0.1, 0.15) is 5.75 Å². The standard InChI is InChI=1S/C11H15IO3/c1-7(4-5-13)11(15)9-6-8(12)2-3-10(9)14/h2-3,6-7,11,13-15H,4-5H2,1H3/t7-,11+/m0/s1. The lowest BCUT2D eigenvalue weighted by Gasteiger charge is -2.19. The monoisotopic (exact) mass is 322 g/mol.